The largest absolute Gasteiger partial charge is 0.341 e. The van der Waals surface area contributed by atoms with Gasteiger partial charge in [-0.15, -0.1) is 0 Å². The molecule has 1 saturated heterocycles. The highest BCUT2D eigenvalue weighted by molar-refractivity contribution is 5.94. The molecule has 0 bridgehead atoms. The van der Waals surface area contributed by atoms with Gasteiger partial charge in [-0.2, -0.15) is 0 Å². The minimum absolute atomic E-state index is 0.0362. The monoisotopic (exact) mass is 314 g/mol. The molecule has 0 N–H and O–H groups in total. The number of benzene rings is 1. The molecule has 2 amide bonds. The molecule has 23 heavy (non-hydrogen) atoms. The van der Waals surface area contributed by atoms with Gasteiger partial charge in [0.05, 0.1) is 6.54 Å². The van der Waals surface area contributed by atoms with Crippen molar-refractivity contribution in [2.45, 2.75) is 33.6 Å². The Bertz CT molecular complexity index is 629. The summed E-state index contributed by atoms with van der Waals surface area (Å²) in [6, 6.07) is 4.21. The first kappa shape index (κ1) is 17.3. The molecular formula is C19H26N2O2. The minimum Gasteiger partial charge on any atom is -0.341 e. The van der Waals surface area contributed by atoms with Gasteiger partial charge >= 0.3 is 0 Å². The number of nitrogens with zero attached hydrogens (tertiary/aromatic N) is 2. The molecule has 1 aromatic carbocycles. The van der Waals surface area contributed by atoms with Crippen LogP contribution in [-0.4, -0.2) is 48.3 Å². The molecule has 0 radical (unpaired) electrons. The van der Waals surface area contributed by atoms with Gasteiger partial charge in [0.15, 0.2) is 0 Å². The Morgan fingerprint density at radius 3 is 2.35 bits per heavy atom. The molecule has 4 heteroatoms. The fraction of sp³-hybridized carbons (Fsp3) is 0.474. The van der Waals surface area contributed by atoms with Crippen molar-refractivity contribution < 1.29 is 9.59 Å². The van der Waals surface area contributed by atoms with Crippen LogP contribution in [0.5, 0.6) is 0 Å². The van der Waals surface area contributed by atoms with Gasteiger partial charge in [0, 0.05) is 26.2 Å². The van der Waals surface area contributed by atoms with Crippen LogP contribution in [0.4, 0.5) is 0 Å². The summed E-state index contributed by atoms with van der Waals surface area (Å²) in [5.41, 5.74) is 4.65. The molecule has 1 aliphatic heterocycles. The van der Waals surface area contributed by atoms with E-state index in [2.05, 4.69) is 26.0 Å². The smallest absolute Gasteiger partial charge is 0.246 e. The third-order valence-electron chi connectivity index (χ3n) is 4.50. The Morgan fingerprint density at radius 2 is 1.70 bits per heavy atom. The van der Waals surface area contributed by atoms with E-state index < -0.39 is 0 Å². The Labute approximate surface area is 138 Å². The maximum atomic E-state index is 12.2. The SMILES string of the molecule is Cc1cc(C)c(C=CC(=O)N(C)CC(=O)N2CCCC2)cc1C. The Balaban J connectivity index is 1.97. The fourth-order valence-electron chi connectivity index (χ4n) is 2.80. The highest BCUT2D eigenvalue weighted by Gasteiger charge is 2.20. The number of hydrogen-bond acceptors (Lipinski definition) is 2. The second-order valence-corrected chi connectivity index (χ2v) is 6.41. The van der Waals surface area contributed by atoms with Crippen LogP contribution >= 0.6 is 0 Å². The average Bonchev–Trinajstić information content (AvgIpc) is 3.03. The molecule has 0 aliphatic carbocycles. The van der Waals surface area contributed by atoms with E-state index in [0.29, 0.717) is 0 Å². The van der Waals surface area contributed by atoms with Crippen molar-refractivity contribution in [3.8, 4) is 0 Å². The van der Waals surface area contributed by atoms with Gasteiger partial charge in [0.1, 0.15) is 0 Å². The lowest BCUT2D eigenvalue weighted by Crippen LogP contribution is -2.39. The maximum Gasteiger partial charge on any atom is 0.246 e. The molecule has 0 unspecified atom stereocenters. The predicted octanol–water partition coefficient (Wildman–Crippen LogP) is 2.71. The van der Waals surface area contributed by atoms with Crippen molar-refractivity contribution in [3.05, 3.63) is 40.5 Å². The molecule has 0 saturated carbocycles. The molecule has 0 aromatic heterocycles. The molecule has 0 atom stereocenters. The van der Waals surface area contributed by atoms with Crippen LogP contribution in [0.25, 0.3) is 6.08 Å². The van der Waals surface area contributed by atoms with E-state index in [-0.39, 0.29) is 18.4 Å². The van der Waals surface area contributed by atoms with E-state index in [4.69, 9.17) is 0 Å². The maximum absolute atomic E-state index is 12.2. The van der Waals surface area contributed by atoms with E-state index >= 15 is 0 Å². The topological polar surface area (TPSA) is 40.6 Å². The summed E-state index contributed by atoms with van der Waals surface area (Å²) in [5, 5.41) is 0. The van der Waals surface area contributed by atoms with Crippen molar-refractivity contribution in [2.24, 2.45) is 0 Å². The Kier molecular flexibility index (Phi) is 5.59. The third-order valence-corrected chi connectivity index (χ3v) is 4.50. The van der Waals surface area contributed by atoms with Crippen LogP contribution in [0.1, 0.15) is 35.1 Å². The second-order valence-electron chi connectivity index (χ2n) is 6.41. The zero-order chi connectivity index (χ0) is 17.0. The van der Waals surface area contributed by atoms with Gasteiger partial charge < -0.3 is 9.80 Å². The number of aryl methyl sites for hydroxylation is 3. The number of likely N-dealkylation sites (N-methyl/N-ethyl adjacent to an activating group) is 1. The normalized spacial score (nSPS) is 14.5. The van der Waals surface area contributed by atoms with Gasteiger partial charge in [0.25, 0.3) is 0 Å². The second kappa shape index (κ2) is 7.44. The number of amides is 2. The number of carbonyl (C=O) groups excluding carboxylic acids is 2. The summed E-state index contributed by atoms with van der Waals surface area (Å²) in [4.78, 5) is 27.6. The van der Waals surface area contributed by atoms with Crippen molar-refractivity contribution in [1.29, 1.82) is 0 Å². The fourth-order valence-corrected chi connectivity index (χ4v) is 2.80. The van der Waals surface area contributed by atoms with E-state index in [1.807, 2.05) is 17.9 Å². The van der Waals surface area contributed by atoms with Crippen molar-refractivity contribution >= 4 is 17.9 Å². The highest BCUT2D eigenvalue weighted by atomic mass is 16.2. The number of rotatable bonds is 4. The Hall–Kier alpha value is -2.10. The first-order valence-electron chi connectivity index (χ1n) is 8.17. The average molecular weight is 314 g/mol. The Morgan fingerprint density at radius 1 is 1.09 bits per heavy atom. The highest BCUT2D eigenvalue weighted by Crippen LogP contribution is 2.16. The van der Waals surface area contributed by atoms with Crippen molar-refractivity contribution in [2.75, 3.05) is 26.7 Å². The molecule has 0 spiro atoms. The summed E-state index contributed by atoms with van der Waals surface area (Å²) in [6.07, 6.45) is 5.51. The summed E-state index contributed by atoms with van der Waals surface area (Å²) in [7, 11) is 1.67. The molecule has 124 valence electrons. The van der Waals surface area contributed by atoms with E-state index in [1.54, 1.807) is 13.1 Å². The standard InChI is InChI=1S/C19H26N2O2/c1-14-11-16(3)17(12-15(14)2)7-8-18(22)20(4)13-19(23)21-9-5-6-10-21/h7-8,11-12H,5-6,9-10,13H2,1-4H3. The van der Waals surface area contributed by atoms with Crippen molar-refractivity contribution in [3.63, 3.8) is 0 Å². The van der Waals surface area contributed by atoms with E-state index in [1.165, 1.54) is 16.0 Å². The van der Waals surface area contributed by atoms with Gasteiger partial charge in [-0.3, -0.25) is 9.59 Å². The quantitative estimate of drug-likeness (QED) is 0.802. The molecule has 2 rings (SSSR count). The minimum atomic E-state index is -0.143. The van der Waals surface area contributed by atoms with E-state index in [9.17, 15) is 9.59 Å². The molecule has 1 aliphatic rings. The summed E-state index contributed by atoms with van der Waals surface area (Å²) in [6.45, 7) is 7.97. The summed E-state index contributed by atoms with van der Waals surface area (Å²) in [5.74, 6) is -0.107. The van der Waals surface area contributed by atoms with Crippen LogP contribution in [-0.2, 0) is 9.59 Å². The van der Waals surface area contributed by atoms with Crippen molar-refractivity contribution in [1.82, 2.24) is 9.80 Å². The lowest BCUT2D eigenvalue weighted by molar-refractivity contribution is -0.136. The number of hydrogen-bond donors (Lipinski definition) is 0. The van der Waals surface area contributed by atoms with E-state index in [0.717, 1.165) is 37.1 Å². The molecular weight excluding hydrogens is 288 g/mol. The summed E-state index contributed by atoms with van der Waals surface area (Å²) >= 11 is 0. The molecule has 1 heterocycles. The predicted molar refractivity (Wildman–Crippen MR) is 93.1 cm³/mol. The molecule has 1 aromatic rings. The lowest BCUT2D eigenvalue weighted by atomic mass is 10.0. The van der Waals surface area contributed by atoms with Crippen LogP contribution in [0.3, 0.4) is 0 Å². The zero-order valence-electron chi connectivity index (χ0n) is 14.6. The van der Waals surface area contributed by atoms with Crippen LogP contribution in [0.2, 0.25) is 0 Å². The lowest BCUT2D eigenvalue weighted by Gasteiger charge is -2.20. The first-order valence-corrected chi connectivity index (χ1v) is 8.17. The van der Waals surface area contributed by atoms with Gasteiger partial charge in [-0.25, -0.2) is 0 Å². The zero-order valence-corrected chi connectivity index (χ0v) is 14.6. The first-order chi connectivity index (χ1) is 10.9. The van der Waals surface area contributed by atoms with Gasteiger partial charge in [-0.1, -0.05) is 12.1 Å². The summed E-state index contributed by atoms with van der Waals surface area (Å²) < 4.78 is 0. The molecule has 1 fully saturated rings. The molecule has 4 nitrogen and oxygen atoms in total. The van der Waals surface area contributed by atoms with Crippen LogP contribution in [0.15, 0.2) is 18.2 Å². The third kappa shape index (κ3) is 4.44. The van der Waals surface area contributed by atoms with Gasteiger partial charge in [0.2, 0.25) is 11.8 Å². The van der Waals surface area contributed by atoms with Crippen LogP contribution < -0.4 is 0 Å². The van der Waals surface area contributed by atoms with Gasteiger partial charge in [-0.05, 0) is 61.9 Å². The number of carbonyl (C=O) groups is 2. The number of likely N-dealkylation sites (tertiary alicyclic amines) is 1. The van der Waals surface area contributed by atoms with Crippen LogP contribution in [0, 0.1) is 20.8 Å².